The van der Waals surface area contributed by atoms with Crippen LogP contribution in [0.25, 0.3) is 0 Å². The van der Waals surface area contributed by atoms with Crippen LogP contribution in [0, 0.1) is 0 Å². The molecular weight excluding hydrogens is 293 g/mol. The Morgan fingerprint density at radius 2 is 1.67 bits per heavy atom. The second kappa shape index (κ2) is 7.44. The van der Waals surface area contributed by atoms with Crippen molar-refractivity contribution in [3.05, 3.63) is 27.7 Å². The van der Waals surface area contributed by atoms with E-state index < -0.39 is 0 Å². The normalized spacial score (nSPS) is 11.0. The molecule has 0 amide bonds. The standard InChI is InChI=1S/C13H19Cl2NO.ClH/c1-5-17-12-10(14)6-9(7-11(12)15)8-16-13(2,3)4;/h6-7,16H,5,8H2,1-4H3;1H. The summed E-state index contributed by atoms with van der Waals surface area (Å²) in [5.41, 5.74) is 1.12. The van der Waals surface area contributed by atoms with Gasteiger partial charge in [-0.15, -0.1) is 12.4 Å². The van der Waals surface area contributed by atoms with Crippen molar-refractivity contribution < 1.29 is 4.74 Å². The maximum absolute atomic E-state index is 6.13. The van der Waals surface area contributed by atoms with Gasteiger partial charge < -0.3 is 10.1 Å². The van der Waals surface area contributed by atoms with E-state index in [9.17, 15) is 0 Å². The van der Waals surface area contributed by atoms with E-state index >= 15 is 0 Å². The van der Waals surface area contributed by atoms with Gasteiger partial charge in [0.2, 0.25) is 0 Å². The summed E-state index contributed by atoms with van der Waals surface area (Å²) < 4.78 is 5.38. The van der Waals surface area contributed by atoms with E-state index in [2.05, 4.69) is 26.1 Å². The summed E-state index contributed by atoms with van der Waals surface area (Å²) in [5, 5.41) is 4.51. The maximum Gasteiger partial charge on any atom is 0.156 e. The molecule has 0 saturated heterocycles. The van der Waals surface area contributed by atoms with Crippen LogP contribution in [0.2, 0.25) is 10.0 Å². The number of halogens is 3. The molecule has 0 bridgehead atoms. The van der Waals surface area contributed by atoms with Crippen LogP contribution in [0.4, 0.5) is 0 Å². The second-order valence-electron chi connectivity index (χ2n) is 4.93. The van der Waals surface area contributed by atoms with Gasteiger partial charge in [0.05, 0.1) is 16.7 Å². The molecule has 0 spiro atoms. The molecule has 0 aliphatic heterocycles. The van der Waals surface area contributed by atoms with E-state index in [4.69, 9.17) is 27.9 Å². The highest BCUT2D eigenvalue weighted by Gasteiger charge is 2.12. The molecule has 104 valence electrons. The second-order valence-corrected chi connectivity index (χ2v) is 5.74. The van der Waals surface area contributed by atoms with Crippen LogP contribution in [0.1, 0.15) is 33.3 Å². The average molecular weight is 313 g/mol. The van der Waals surface area contributed by atoms with Gasteiger partial charge in [0, 0.05) is 12.1 Å². The van der Waals surface area contributed by atoms with Gasteiger partial charge in [-0.3, -0.25) is 0 Å². The lowest BCUT2D eigenvalue weighted by Crippen LogP contribution is -2.35. The summed E-state index contributed by atoms with van der Waals surface area (Å²) >= 11 is 12.3. The fraction of sp³-hybridized carbons (Fsp3) is 0.538. The molecule has 1 rings (SSSR count). The van der Waals surface area contributed by atoms with Crippen molar-refractivity contribution >= 4 is 35.6 Å². The first-order valence-corrected chi connectivity index (χ1v) is 6.45. The van der Waals surface area contributed by atoms with E-state index in [1.54, 1.807) is 0 Å². The number of hydrogen-bond acceptors (Lipinski definition) is 2. The van der Waals surface area contributed by atoms with Crippen molar-refractivity contribution in [1.29, 1.82) is 0 Å². The van der Waals surface area contributed by atoms with Crippen molar-refractivity contribution in [3.63, 3.8) is 0 Å². The predicted octanol–water partition coefficient (Wildman–Crippen LogP) is 4.70. The van der Waals surface area contributed by atoms with E-state index in [1.807, 2.05) is 19.1 Å². The van der Waals surface area contributed by atoms with Crippen molar-refractivity contribution in [3.8, 4) is 5.75 Å². The lowest BCUT2D eigenvalue weighted by molar-refractivity contribution is 0.340. The molecule has 1 aromatic carbocycles. The molecule has 0 atom stereocenters. The molecule has 0 saturated carbocycles. The Hall–Kier alpha value is -0.150. The maximum atomic E-state index is 6.13. The monoisotopic (exact) mass is 311 g/mol. The summed E-state index contributed by atoms with van der Waals surface area (Å²) in [7, 11) is 0. The summed E-state index contributed by atoms with van der Waals surface area (Å²) in [6.45, 7) is 9.54. The molecule has 5 heteroatoms. The summed E-state index contributed by atoms with van der Waals surface area (Å²) in [4.78, 5) is 0. The fourth-order valence-electron chi connectivity index (χ4n) is 1.36. The van der Waals surface area contributed by atoms with Gasteiger partial charge in [-0.1, -0.05) is 23.2 Å². The van der Waals surface area contributed by atoms with Crippen molar-refractivity contribution in [2.24, 2.45) is 0 Å². The lowest BCUT2D eigenvalue weighted by Gasteiger charge is -2.21. The molecule has 0 radical (unpaired) electrons. The van der Waals surface area contributed by atoms with Crippen molar-refractivity contribution in [1.82, 2.24) is 5.32 Å². The first kappa shape index (κ1) is 17.8. The summed E-state index contributed by atoms with van der Waals surface area (Å²) in [5.74, 6) is 0.565. The minimum Gasteiger partial charge on any atom is -0.491 e. The van der Waals surface area contributed by atoms with Crippen LogP contribution in [0.5, 0.6) is 5.75 Å². The first-order chi connectivity index (χ1) is 7.83. The Labute approximate surface area is 125 Å². The van der Waals surface area contributed by atoms with Gasteiger partial charge >= 0.3 is 0 Å². The Kier molecular flexibility index (Phi) is 7.38. The Balaban J connectivity index is 0.00000289. The highest BCUT2D eigenvalue weighted by atomic mass is 35.5. The fourth-order valence-corrected chi connectivity index (χ4v) is 2.01. The topological polar surface area (TPSA) is 21.3 Å². The number of benzene rings is 1. The minimum absolute atomic E-state index is 0. The van der Waals surface area contributed by atoms with Crippen LogP contribution in [0.15, 0.2) is 12.1 Å². The number of nitrogens with one attached hydrogen (secondary N) is 1. The third-order valence-electron chi connectivity index (χ3n) is 2.17. The van der Waals surface area contributed by atoms with E-state index in [1.165, 1.54) is 0 Å². The molecule has 0 unspecified atom stereocenters. The summed E-state index contributed by atoms with van der Waals surface area (Å²) in [6.07, 6.45) is 0. The third kappa shape index (κ3) is 5.66. The molecule has 1 N–H and O–H groups in total. The zero-order valence-electron chi connectivity index (χ0n) is 11.1. The van der Waals surface area contributed by atoms with Crippen molar-refractivity contribution in [2.45, 2.75) is 39.8 Å². The van der Waals surface area contributed by atoms with Crippen LogP contribution >= 0.6 is 35.6 Å². The average Bonchev–Trinajstić information content (AvgIpc) is 2.19. The number of ether oxygens (including phenoxy) is 1. The molecule has 0 heterocycles. The Morgan fingerprint density at radius 1 is 1.17 bits per heavy atom. The molecule has 0 aromatic heterocycles. The van der Waals surface area contributed by atoms with Gasteiger partial charge in [0.25, 0.3) is 0 Å². The van der Waals surface area contributed by atoms with E-state index in [0.29, 0.717) is 22.4 Å². The molecule has 18 heavy (non-hydrogen) atoms. The molecule has 0 aliphatic carbocycles. The highest BCUT2D eigenvalue weighted by molar-refractivity contribution is 6.37. The van der Waals surface area contributed by atoms with Gasteiger partial charge in [-0.05, 0) is 45.4 Å². The number of hydrogen-bond donors (Lipinski definition) is 1. The minimum atomic E-state index is 0. The van der Waals surface area contributed by atoms with E-state index in [0.717, 1.165) is 12.1 Å². The smallest absolute Gasteiger partial charge is 0.156 e. The molecule has 0 fully saturated rings. The predicted molar refractivity (Wildman–Crippen MR) is 81.5 cm³/mol. The zero-order valence-corrected chi connectivity index (χ0v) is 13.5. The van der Waals surface area contributed by atoms with Gasteiger partial charge in [-0.2, -0.15) is 0 Å². The van der Waals surface area contributed by atoms with Gasteiger partial charge in [0.1, 0.15) is 0 Å². The zero-order chi connectivity index (χ0) is 13.1. The molecule has 0 aliphatic rings. The Bertz CT molecular complexity index is 365. The van der Waals surface area contributed by atoms with Crippen LogP contribution in [-0.4, -0.2) is 12.1 Å². The van der Waals surface area contributed by atoms with Gasteiger partial charge in [0.15, 0.2) is 5.75 Å². The quantitative estimate of drug-likeness (QED) is 0.870. The first-order valence-electron chi connectivity index (χ1n) is 5.69. The largest absolute Gasteiger partial charge is 0.491 e. The third-order valence-corrected chi connectivity index (χ3v) is 2.73. The molecule has 2 nitrogen and oxygen atoms in total. The SMILES string of the molecule is CCOc1c(Cl)cc(CNC(C)(C)C)cc1Cl.Cl. The molecular formula is C13H20Cl3NO. The van der Waals surface area contributed by atoms with Crippen LogP contribution < -0.4 is 10.1 Å². The van der Waals surface area contributed by atoms with Crippen LogP contribution in [-0.2, 0) is 6.54 Å². The van der Waals surface area contributed by atoms with Gasteiger partial charge in [-0.25, -0.2) is 0 Å². The number of rotatable bonds is 4. The lowest BCUT2D eigenvalue weighted by atomic mass is 10.1. The summed E-state index contributed by atoms with van der Waals surface area (Å²) in [6, 6.07) is 3.77. The molecule has 1 aromatic rings. The van der Waals surface area contributed by atoms with E-state index in [-0.39, 0.29) is 17.9 Å². The highest BCUT2D eigenvalue weighted by Crippen LogP contribution is 2.34. The Morgan fingerprint density at radius 3 is 2.06 bits per heavy atom. The van der Waals surface area contributed by atoms with Crippen LogP contribution in [0.3, 0.4) is 0 Å². The van der Waals surface area contributed by atoms with Crippen molar-refractivity contribution in [2.75, 3.05) is 6.61 Å².